The highest BCUT2D eigenvalue weighted by atomic mass is 127. The van der Waals surface area contributed by atoms with Crippen LogP contribution in [0.3, 0.4) is 0 Å². The zero-order valence-electron chi connectivity index (χ0n) is 18.6. The second-order valence-electron chi connectivity index (χ2n) is 7.91. The quantitative estimate of drug-likeness (QED) is 0.246. The van der Waals surface area contributed by atoms with Crippen molar-refractivity contribution in [3.05, 3.63) is 42.0 Å². The first-order chi connectivity index (χ1) is 14.9. The highest BCUT2D eigenvalue weighted by Crippen LogP contribution is 2.19. The van der Waals surface area contributed by atoms with Crippen molar-refractivity contribution in [1.82, 2.24) is 20.5 Å². The topological polar surface area (TPSA) is 95.2 Å². The highest BCUT2D eigenvalue weighted by Gasteiger charge is 2.25. The number of aliphatic imine (C=N–C) groups is 1. The standard InChI is InChI=1S/C22H32FN5O3.HI/c1-3-24-21(26-15-22(2,29)16-28-10-12-30-13-11-28)25-9-8-19-14-31-20(27-19)17-4-6-18(23)7-5-17;/h4-7,14,29H,3,8-13,15-16H2,1-2H3,(H2,24,25,26);1H. The molecule has 3 rings (SSSR count). The maximum Gasteiger partial charge on any atom is 0.226 e. The maximum atomic E-state index is 13.1. The van der Waals surface area contributed by atoms with Gasteiger partial charge in [-0.1, -0.05) is 0 Å². The fourth-order valence-electron chi connectivity index (χ4n) is 3.34. The second-order valence-corrected chi connectivity index (χ2v) is 7.91. The number of hydrogen-bond donors (Lipinski definition) is 3. The number of hydrogen-bond acceptors (Lipinski definition) is 6. The van der Waals surface area contributed by atoms with Crippen LogP contribution < -0.4 is 10.6 Å². The number of aliphatic hydroxyl groups is 1. The third-order valence-corrected chi connectivity index (χ3v) is 4.91. The van der Waals surface area contributed by atoms with Gasteiger partial charge in [0.1, 0.15) is 12.1 Å². The number of ether oxygens (including phenoxy) is 1. The molecule has 0 radical (unpaired) electrons. The molecule has 10 heteroatoms. The lowest BCUT2D eigenvalue weighted by Gasteiger charge is -2.33. The molecule has 0 amide bonds. The van der Waals surface area contributed by atoms with Crippen molar-refractivity contribution in [3.8, 4) is 11.5 Å². The Morgan fingerprint density at radius 1 is 1.25 bits per heavy atom. The summed E-state index contributed by atoms with van der Waals surface area (Å²) in [5, 5.41) is 17.2. The van der Waals surface area contributed by atoms with Crippen molar-refractivity contribution < 1.29 is 18.7 Å². The van der Waals surface area contributed by atoms with E-state index in [2.05, 4.69) is 25.5 Å². The molecule has 1 atom stereocenters. The number of halogens is 2. The molecule has 3 N–H and O–H groups in total. The molecule has 0 spiro atoms. The van der Waals surface area contributed by atoms with Crippen LogP contribution in [0.2, 0.25) is 0 Å². The van der Waals surface area contributed by atoms with Crippen molar-refractivity contribution in [2.45, 2.75) is 25.9 Å². The van der Waals surface area contributed by atoms with Crippen LogP contribution in [0.15, 0.2) is 39.9 Å². The lowest BCUT2D eigenvalue weighted by molar-refractivity contribution is -0.0179. The van der Waals surface area contributed by atoms with E-state index in [0.29, 0.717) is 51.1 Å². The fourth-order valence-corrected chi connectivity index (χ4v) is 3.34. The van der Waals surface area contributed by atoms with Gasteiger partial charge in [0.25, 0.3) is 0 Å². The number of rotatable bonds is 9. The minimum atomic E-state index is -0.921. The van der Waals surface area contributed by atoms with Gasteiger partial charge in [-0.3, -0.25) is 9.89 Å². The number of aromatic nitrogens is 1. The number of morpholine rings is 1. The third kappa shape index (κ3) is 8.64. The highest BCUT2D eigenvalue weighted by molar-refractivity contribution is 14.0. The predicted octanol–water partition coefficient (Wildman–Crippen LogP) is 2.28. The van der Waals surface area contributed by atoms with E-state index in [1.165, 1.54) is 12.1 Å². The number of nitrogens with zero attached hydrogens (tertiary/aromatic N) is 3. The molecule has 0 bridgehead atoms. The molecule has 8 nitrogen and oxygen atoms in total. The summed E-state index contributed by atoms with van der Waals surface area (Å²) in [6.45, 7) is 9.04. The summed E-state index contributed by atoms with van der Waals surface area (Å²) in [6.07, 6.45) is 2.25. The smallest absolute Gasteiger partial charge is 0.226 e. The number of guanidine groups is 1. The van der Waals surface area contributed by atoms with Gasteiger partial charge in [0.05, 0.1) is 31.1 Å². The van der Waals surface area contributed by atoms with Crippen molar-refractivity contribution in [2.24, 2.45) is 4.99 Å². The van der Waals surface area contributed by atoms with E-state index in [1.54, 1.807) is 18.4 Å². The minimum absolute atomic E-state index is 0. The molecule has 1 unspecified atom stereocenters. The first-order valence-corrected chi connectivity index (χ1v) is 10.7. The van der Waals surface area contributed by atoms with E-state index in [0.717, 1.165) is 30.9 Å². The summed E-state index contributed by atoms with van der Waals surface area (Å²) in [7, 11) is 0. The van der Waals surface area contributed by atoms with E-state index in [1.807, 2.05) is 13.8 Å². The molecular weight excluding hydrogens is 528 g/mol. The molecule has 0 aliphatic carbocycles. The normalized spacial score (nSPS) is 16.8. The van der Waals surface area contributed by atoms with Crippen LogP contribution in [0.25, 0.3) is 11.5 Å². The lowest BCUT2D eigenvalue weighted by Crippen LogP contribution is -2.48. The van der Waals surface area contributed by atoms with Gasteiger partial charge in [-0.25, -0.2) is 9.37 Å². The molecule has 1 aliphatic rings. The first kappa shape index (κ1) is 26.5. The lowest BCUT2D eigenvalue weighted by atomic mass is 10.1. The van der Waals surface area contributed by atoms with Gasteiger partial charge in [0, 0.05) is 44.7 Å². The largest absolute Gasteiger partial charge is 0.444 e. The zero-order chi connectivity index (χ0) is 22.1. The van der Waals surface area contributed by atoms with Gasteiger partial charge in [-0.05, 0) is 38.1 Å². The molecule has 1 aliphatic heterocycles. The first-order valence-electron chi connectivity index (χ1n) is 10.7. The van der Waals surface area contributed by atoms with Crippen molar-refractivity contribution in [1.29, 1.82) is 0 Å². The molecule has 2 heterocycles. The summed E-state index contributed by atoms with van der Waals surface area (Å²) < 4.78 is 23.9. The van der Waals surface area contributed by atoms with Gasteiger partial charge >= 0.3 is 0 Å². The monoisotopic (exact) mass is 561 g/mol. The maximum absolute atomic E-state index is 13.1. The number of nitrogens with one attached hydrogen (secondary N) is 2. The van der Waals surface area contributed by atoms with Crippen molar-refractivity contribution >= 4 is 29.9 Å². The third-order valence-electron chi connectivity index (χ3n) is 4.91. The molecule has 178 valence electrons. The molecule has 0 saturated carbocycles. The van der Waals surface area contributed by atoms with E-state index >= 15 is 0 Å². The van der Waals surface area contributed by atoms with Crippen molar-refractivity contribution in [3.63, 3.8) is 0 Å². The van der Waals surface area contributed by atoms with Crippen LogP contribution in [0.1, 0.15) is 19.5 Å². The van der Waals surface area contributed by atoms with Crippen LogP contribution in [0, 0.1) is 5.82 Å². The Bertz CT molecular complexity index is 838. The molecule has 2 aromatic rings. The van der Waals surface area contributed by atoms with Crippen molar-refractivity contribution in [2.75, 3.05) is 52.5 Å². The average molecular weight is 561 g/mol. The molecule has 1 aromatic heterocycles. The summed E-state index contributed by atoms with van der Waals surface area (Å²) in [5.41, 5.74) is 0.607. The molecular formula is C22H33FIN5O3. The summed E-state index contributed by atoms with van der Waals surface area (Å²) >= 11 is 0. The summed E-state index contributed by atoms with van der Waals surface area (Å²) in [5.74, 6) is 0.820. The van der Waals surface area contributed by atoms with E-state index in [-0.39, 0.29) is 29.8 Å². The second kappa shape index (κ2) is 13.1. The Hall–Kier alpha value is -1.76. The van der Waals surface area contributed by atoms with Crippen LogP contribution in [0.5, 0.6) is 0 Å². The number of oxazole rings is 1. The Morgan fingerprint density at radius 2 is 1.97 bits per heavy atom. The summed E-state index contributed by atoms with van der Waals surface area (Å²) in [4.78, 5) is 11.2. The van der Waals surface area contributed by atoms with Crippen LogP contribution in [0.4, 0.5) is 4.39 Å². The van der Waals surface area contributed by atoms with E-state index in [4.69, 9.17) is 9.15 Å². The van der Waals surface area contributed by atoms with Gasteiger partial charge < -0.3 is 24.9 Å². The molecule has 32 heavy (non-hydrogen) atoms. The van der Waals surface area contributed by atoms with Gasteiger partial charge in [0.2, 0.25) is 5.89 Å². The van der Waals surface area contributed by atoms with Gasteiger partial charge in [0.15, 0.2) is 5.96 Å². The Morgan fingerprint density at radius 3 is 2.66 bits per heavy atom. The van der Waals surface area contributed by atoms with Crippen LogP contribution in [-0.2, 0) is 11.2 Å². The Kier molecular flexibility index (Phi) is 10.8. The molecule has 1 fully saturated rings. The molecule has 1 aromatic carbocycles. The van der Waals surface area contributed by atoms with Gasteiger partial charge in [-0.2, -0.15) is 0 Å². The van der Waals surface area contributed by atoms with Gasteiger partial charge in [-0.15, -0.1) is 24.0 Å². The minimum Gasteiger partial charge on any atom is -0.444 e. The summed E-state index contributed by atoms with van der Waals surface area (Å²) in [6, 6.07) is 6.05. The Labute approximate surface area is 205 Å². The average Bonchev–Trinajstić information content (AvgIpc) is 3.22. The van der Waals surface area contributed by atoms with Crippen LogP contribution >= 0.6 is 24.0 Å². The SMILES string of the molecule is CCNC(=NCC(C)(O)CN1CCOCC1)NCCc1coc(-c2ccc(F)cc2)n1.I. The van der Waals surface area contributed by atoms with E-state index < -0.39 is 5.60 Å². The predicted molar refractivity (Wildman–Crippen MR) is 133 cm³/mol. The zero-order valence-corrected chi connectivity index (χ0v) is 21.0. The Balaban J connectivity index is 0.00000363. The number of benzene rings is 1. The number of β-amino-alcohol motifs (C(OH)–C–C–N with tert-alkyl or cyclic N) is 1. The fraction of sp³-hybridized carbons (Fsp3) is 0.545. The van der Waals surface area contributed by atoms with E-state index in [9.17, 15) is 9.50 Å². The molecule has 1 saturated heterocycles. The van der Waals surface area contributed by atoms with Crippen LogP contribution in [-0.4, -0.2) is 79.0 Å².